The van der Waals surface area contributed by atoms with Crippen LogP contribution >= 0.6 is 11.6 Å². The smallest absolute Gasteiger partial charge is 0.252 e. The minimum Gasteiger partial charge on any atom is -0.352 e. The molecule has 1 aromatic carbocycles. The van der Waals surface area contributed by atoms with Crippen LogP contribution in [0.2, 0.25) is 5.02 Å². The van der Waals surface area contributed by atoms with Gasteiger partial charge in [-0.2, -0.15) is 0 Å². The highest BCUT2D eigenvalue weighted by molar-refractivity contribution is 6.31. The summed E-state index contributed by atoms with van der Waals surface area (Å²) in [5, 5.41) is 4.68. The van der Waals surface area contributed by atoms with E-state index in [9.17, 15) is 4.79 Å². The highest BCUT2D eigenvalue weighted by Crippen LogP contribution is 2.31. The van der Waals surface area contributed by atoms with Crippen molar-refractivity contribution in [3.05, 3.63) is 40.0 Å². The summed E-state index contributed by atoms with van der Waals surface area (Å²) >= 11 is 6.19. The SMILES string of the molecule is CCCCCCCCCCNC(=O)c1c2c(nc3ccc(Cl)cc13)CCC2. The molecule has 1 heterocycles. The molecule has 2 aromatic rings. The van der Waals surface area contributed by atoms with Gasteiger partial charge in [-0.15, -0.1) is 0 Å². The maximum atomic E-state index is 13.0. The minimum absolute atomic E-state index is 0.0331. The van der Waals surface area contributed by atoms with Gasteiger partial charge in [-0.05, 0) is 49.4 Å². The predicted octanol–water partition coefficient (Wildman–Crippen LogP) is 6.25. The van der Waals surface area contributed by atoms with E-state index in [0.29, 0.717) is 5.02 Å². The zero-order valence-corrected chi connectivity index (χ0v) is 17.2. The molecule has 0 saturated carbocycles. The lowest BCUT2D eigenvalue weighted by molar-refractivity contribution is 0.0953. The summed E-state index contributed by atoms with van der Waals surface area (Å²) in [5.74, 6) is 0.0331. The summed E-state index contributed by atoms with van der Waals surface area (Å²) < 4.78 is 0. The molecule has 0 fully saturated rings. The number of aryl methyl sites for hydroxylation is 1. The molecule has 1 aliphatic rings. The average molecular weight is 387 g/mol. The monoisotopic (exact) mass is 386 g/mol. The number of hydrogen-bond acceptors (Lipinski definition) is 2. The fourth-order valence-corrected chi connectivity index (χ4v) is 4.22. The van der Waals surface area contributed by atoms with Gasteiger partial charge in [0, 0.05) is 22.6 Å². The molecule has 0 spiro atoms. The van der Waals surface area contributed by atoms with Gasteiger partial charge in [0.25, 0.3) is 5.91 Å². The molecule has 146 valence electrons. The predicted molar refractivity (Wildman–Crippen MR) is 114 cm³/mol. The van der Waals surface area contributed by atoms with E-state index in [-0.39, 0.29) is 5.91 Å². The second-order valence-electron chi connectivity index (χ2n) is 7.66. The third kappa shape index (κ3) is 5.22. The molecular formula is C23H31ClN2O. The zero-order chi connectivity index (χ0) is 19.1. The van der Waals surface area contributed by atoms with Crippen LogP contribution in [0.1, 0.15) is 86.3 Å². The topological polar surface area (TPSA) is 42.0 Å². The Morgan fingerprint density at radius 2 is 1.81 bits per heavy atom. The number of carbonyl (C=O) groups excluding carboxylic acids is 1. The van der Waals surface area contributed by atoms with Crippen LogP contribution < -0.4 is 5.32 Å². The lowest BCUT2D eigenvalue weighted by atomic mass is 10.0. The second-order valence-corrected chi connectivity index (χ2v) is 8.09. The minimum atomic E-state index is 0.0331. The summed E-state index contributed by atoms with van der Waals surface area (Å²) in [6.07, 6.45) is 13.1. The molecule has 3 rings (SSSR count). The van der Waals surface area contributed by atoms with Gasteiger partial charge in [0.15, 0.2) is 0 Å². The number of nitrogens with zero attached hydrogens (tertiary/aromatic N) is 1. The van der Waals surface area contributed by atoms with Crippen molar-refractivity contribution in [1.82, 2.24) is 10.3 Å². The van der Waals surface area contributed by atoms with Gasteiger partial charge in [-0.1, -0.05) is 63.5 Å². The highest BCUT2D eigenvalue weighted by Gasteiger charge is 2.23. The molecule has 0 saturated heterocycles. The van der Waals surface area contributed by atoms with Crippen LogP contribution in [0.3, 0.4) is 0 Å². The largest absolute Gasteiger partial charge is 0.352 e. The molecule has 1 aromatic heterocycles. The Balaban J connectivity index is 1.57. The van der Waals surface area contributed by atoms with Crippen LogP contribution in [0.5, 0.6) is 0 Å². The van der Waals surface area contributed by atoms with Crippen LogP contribution in [0, 0.1) is 0 Å². The molecule has 0 unspecified atom stereocenters. The number of aromatic nitrogens is 1. The molecule has 27 heavy (non-hydrogen) atoms. The number of carbonyl (C=O) groups is 1. The van der Waals surface area contributed by atoms with Crippen LogP contribution in [0.4, 0.5) is 0 Å². The van der Waals surface area contributed by atoms with Crippen molar-refractivity contribution in [2.75, 3.05) is 6.54 Å². The van der Waals surface area contributed by atoms with E-state index in [1.165, 1.54) is 44.9 Å². The number of hydrogen-bond donors (Lipinski definition) is 1. The molecule has 1 amide bonds. The molecule has 1 N–H and O–H groups in total. The zero-order valence-electron chi connectivity index (χ0n) is 16.5. The maximum absolute atomic E-state index is 13.0. The molecule has 1 aliphatic carbocycles. The first-order chi connectivity index (χ1) is 13.2. The molecule has 0 atom stereocenters. The maximum Gasteiger partial charge on any atom is 0.252 e. The van der Waals surface area contributed by atoms with Crippen molar-refractivity contribution in [1.29, 1.82) is 0 Å². The van der Waals surface area contributed by atoms with Crippen molar-refractivity contribution >= 4 is 28.4 Å². The number of benzene rings is 1. The number of nitrogens with one attached hydrogen (secondary N) is 1. The second kappa shape index (κ2) is 10.1. The Morgan fingerprint density at radius 3 is 2.59 bits per heavy atom. The number of unbranched alkanes of at least 4 members (excludes halogenated alkanes) is 7. The number of rotatable bonds is 10. The summed E-state index contributed by atoms with van der Waals surface area (Å²) in [5.41, 5.74) is 3.88. The van der Waals surface area contributed by atoms with E-state index >= 15 is 0 Å². The van der Waals surface area contributed by atoms with Crippen molar-refractivity contribution in [3.8, 4) is 0 Å². The first-order valence-electron chi connectivity index (χ1n) is 10.6. The van der Waals surface area contributed by atoms with E-state index in [0.717, 1.165) is 60.0 Å². The fraction of sp³-hybridized carbons (Fsp3) is 0.565. The quantitative estimate of drug-likeness (QED) is 0.490. The fourth-order valence-electron chi connectivity index (χ4n) is 4.04. The Labute approximate surface area is 167 Å². The van der Waals surface area contributed by atoms with Crippen LogP contribution in [0.15, 0.2) is 18.2 Å². The molecule has 4 heteroatoms. The van der Waals surface area contributed by atoms with Gasteiger partial charge in [0.05, 0.1) is 11.1 Å². The Hall–Kier alpha value is -1.61. The van der Waals surface area contributed by atoms with Gasteiger partial charge in [-0.3, -0.25) is 9.78 Å². The summed E-state index contributed by atoms with van der Waals surface area (Å²) in [7, 11) is 0. The lowest BCUT2D eigenvalue weighted by Crippen LogP contribution is -2.26. The van der Waals surface area contributed by atoms with Crippen molar-refractivity contribution in [2.45, 2.75) is 77.6 Å². The van der Waals surface area contributed by atoms with E-state index in [4.69, 9.17) is 16.6 Å². The number of fused-ring (bicyclic) bond motifs is 2. The Kier molecular flexibility index (Phi) is 7.51. The first kappa shape index (κ1) is 20.1. The molecule has 0 aliphatic heterocycles. The third-order valence-electron chi connectivity index (χ3n) is 5.52. The van der Waals surface area contributed by atoms with Crippen LogP contribution in [-0.4, -0.2) is 17.4 Å². The molecule has 3 nitrogen and oxygen atoms in total. The Bertz CT molecular complexity index is 788. The van der Waals surface area contributed by atoms with E-state index in [1.54, 1.807) is 0 Å². The summed E-state index contributed by atoms with van der Waals surface area (Å²) in [6.45, 7) is 2.99. The van der Waals surface area contributed by atoms with Gasteiger partial charge < -0.3 is 5.32 Å². The summed E-state index contributed by atoms with van der Waals surface area (Å²) in [6, 6.07) is 5.65. The van der Waals surface area contributed by atoms with Gasteiger partial charge in [0.1, 0.15) is 0 Å². The summed E-state index contributed by atoms with van der Waals surface area (Å²) in [4.78, 5) is 17.7. The number of halogens is 1. The number of pyridine rings is 1. The normalized spacial score (nSPS) is 13.1. The van der Waals surface area contributed by atoms with Gasteiger partial charge in [-0.25, -0.2) is 0 Å². The van der Waals surface area contributed by atoms with E-state index < -0.39 is 0 Å². The standard InChI is InChI=1S/C23H31ClN2O/c1-2-3-4-5-6-7-8-9-15-25-23(27)22-18-11-10-12-20(18)26-21-14-13-17(24)16-19(21)22/h13-14,16H,2-12,15H2,1H3,(H,25,27). The average Bonchev–Trinajstić information content (AvgIpc) is 3.12. The number of amides is 1. The van der Waals surface area contributed by atoms with Crippen LogP contribution in [-0.2, 0) is 12.8 Å². The first-order valence-corrected chi connectivity index (χ1v) is 11.0. The van der Waals surface area contributed by atoms with Gasteiger partial charge in [0.2, 0.25) is 0 Å². The lowest BCUT2D eigenvalue weighted by Gasteiger charge is -2.13. The Morgan fingerprint density at radius 1 is 1.07 bits per heavy atom. The third-order valence-corrected chi connectivity index (χ3v) is 5.75. The van der Waals surface area contributed by atoms with E-state index in [2.05, 4.69) is 12.2 Å². The van der Waals surface area contributed by atoms with E-state index in [1.807, 2.05) is 18.2 Å². The molecule has 0 radical (unpaired) electrons. The molecular weight excluding hydrogens is 356 g/mol. The molecule has 0 bridgehead atoms. The van der Waals surface area contributed by atoms with Crippen molar-refractivity contribution in [3.63, 3.8) is 0 Å². The van der Waals surface area contributed by atoms with Crippen LogP contribution in [0.25, 0.3) is 10.9 Å². The van der Waals surface area contributed by atoms with Gasteiger partial charge >= 0.3 is 0 Å². The highest BCUT2D eigenvalue weighted by atomic mass is 35.5. The van der Waals surface area contributed by atoms with Crippen molar-refractivity contribution < 1.29 is 4.79 Å². The van der Waals surface area contributed by atoms with Crippen molar-refractivity contribution in [2.24, 2.45) is 0 Å².